The SMILES string of the molecule is [Mg+2].[Mg+2].[O]=[V]([O-])([O-])[O][V](=[O])([O-])[O-]. The number of hydrogen-bond donors (Lipinski definition) is 0. The van der Waals surface area contributed by atoms with E-state index in [-0.39, 0.29) is 46.1 Å². The standard InChI is InChI=1S/2Mg.7O.2V/q2*+2;;;;4*-1;;. The van der Waals surface area contributed by atoms with Crippen LogP contribution in [-0.2, 0) is 40.0 Å². The molecule has 56 valence electrons. The summed E-state index contributed by atoms with van der Waals surface area (Å²) in [4.78, 5) is 0. The van der Waals surface area contributed by atoms with Crippen molar-refractivity contribution in [3.63, 3.8) is 0 Å². The van der Waals surface area contributed by atoms with Crippen LogP contribution in [0.15, 0.2) is 0 Å². The van der Waals surface area contributed by atoms with Crippen LogP contribution in [0, 0.1) is 0 Å². The summed E-state index contributed by atoms with van der Waals surface area (Å²) in [6, 6.07) is 0. The minimum atomic E-state index is -6.21. The third-order valence-corrected chi connectivity index (χ3v) is 3.40. The van der Waals surface area contributed by atoms with Gasteiger partial charge in [0.05, 0.1) is 0 Å². The first-order valence-corrected chi connectivity index (χ1v) is 6.02. The minimum absolute atomic E-state index is 0. The van der Waals surface area contributed by atoms with Crippen LogP contribution in [-0.4, -0.2) is 46.1 Å². The summed E-state index contributed by atoms with van der Waals surface area (Å²) in [6.45, 7) is 0. The van der Waals surface area contributed by atoms with Crippen LogP contribution in [0.3, 0.4) is 0 Å². The van der Waals surface area contributed by atoms with Gasteiger partial charge in [-0.15, -0.1) is 0 Å². The zero-order valence-corrected chi connectivity index (χ0v) is 10.8. The Hall–Kier alpha value is 2.10. The second-order valence-corrected chi connectivity index (χ2v) is 5.08. The first-order chi connectivity index (χ1) is 3.71. The van der Waals surface area contributed by atoms with E-state index in [2.05, 4.69) is 2.59 Å². The molecular formula is Mg2O7V2. The third kappa shape index (κ3) is 18.8. The van der Waals surface area contributed by atoms with Crippen molar-refractivity contribution in [1.29, 1.82) is 0 Å². The first-order valence-electron chi connectivity index (χ1n) is 1.46. The van der Waals surface area contributed by atoms with E-state index in [1.165, 1.54) is 0 Å². The normalized spacial score (nSPS) is 11.3. The Labute approximate surface area is 101 Å². The Bertz CT molecular complexity index is 155. The topological polar surface area (TPSA) is 136 Å². The molecule has 0 unspecified atom stereocenters. The molecule has 0 aromatic carbocycles. The molecule has 0 atom stereocenters. The van der Waals surface area contributed by atoms with E-state index >= 15 is 0 Å². The van der Waals surface area contributed by atoms with E-state index in [0.717, 1.165) is 0 Å². The summed E-state index contributed by atoms with van der Waals surface area (Å²) in [5.74, 6) is 0. The molecule has 0 aromatic heterocycles. The van der Waals surface area contributed by atoms with E-state index in [1.807, 2.05) is 0 Å². The third-order valence-electron chi connectivity index (χ3n) is 0.200. The predicted molar refractivity (Wildman–Crippen MR) is 14.0 cm³/mol. The summed E-state index contributed by atoms with van der Waals surface area (Å²) >= 11 is -12.4. The molecule has 0 heterocycles. The van der Waals surface area contributed by atoms with Gasteiger partial charge < -0.3 is 0 Å². The van der Waals surface area contributed by atoms with Crippen molar-refractivity contribution < 1.29 is 56.1 Å². The van der Waals surface area contributed by atoms with E-state index in [1.54, 1.807) is 0 Å². The maximum atomic E-state index is 9.40. The fourth-order valence-electron chi connectivity index (χ4n) is 0.122. The molecule has 0 radical (unpaired) electrons. The van der Waals surface area contributed by atoms with Gasteiger partial charge in [0.15, 0.2) is 0 Å². The second-order valence-electron chi connectivity index (χ2n) is 0.976. The van der Waals surface area contributed by atoms with Gasteiger partial charge >= 0.3 is 102 Å². The van der Waals surface area contributed by atoms with E-state index in [0.29, 0.717) is 0 Å². The molecule has 0 saturated heterocycles. The van der Waals surface area contributed by atoms with Gasteiger partial charge in [0.1, 0.15) is 0 Å². The van der Waals surface area contributed by atoms with Crippen LogP contribution in [0.5, 0.6) is 0 Å². The average Bonchev–Trinajstić information content (AvgIpc) is 1.14. The van der Waals surface area contributed by atoms with Crippen molar-refractivity contribution in [2.24, 2.45) is 0 Å². The summed E-state index contributed by atoms with van der Waals surface area (Å²) in [7, 11) is 0. The molecular weight excluding hydrogens is 262 g/mol. The molecule has 0 amide bonds. The van der Waals surface area contributed by atoms with E-state index < -0.39 is 30.0 Å². The first kappa shape index (κ1) is 18.8. The molecule has 0 rings (SSSR count). The summed E-state index contributed by atoms with van der Waals surface area (Å²) in [5, 5.41) is 0. The molecule has 7 nitrogen and oxygen atoms in total. The Kier molecular flexibility index (Phi) is 11.2. The molecule has 0 aliphatic rings. The monoisotopic (exact) mass is 262 g/mol. The van der Waals surface area contributed by atoms with Gasteiger partial charge in [0.2, 0.25) is 0 Å². The molecule has 0 aromatic rings. The average molecular weight is 262 g/mol. The zero-order valence-electron chi connectivity index (χ0n) is 5.17. The van der Waals surface area contributed by atoms with Gasteiger partial charge in [0, 0.05) is 0 Å². The van der Waals surface area contributed by atoms with Gasteiger partial charge in [-0.3, -0.25) is 0 Å². The Morgan fingerprint density at radius 3 is 1.00 bits per heavy atom. The summed E-state index contributed by atoms with van der Waals surface area (Å²) < 4.78 is 59.0. The Morgan fingerprint density at radius 2 is 1.00 bits per heavy atom. The van der Waals surface area contributed by atoms with Crippen LogP contribution >= 0.6 is 0 Å². The molecule has 0 aliphatic heterocycles. The van der Waals surface area contributed by atoms with Crippen molar-refractivity contribution >= 4 is 46.1 Å². The summed E-state index contributed by atoms with van der Waals surface area (Å²) in [5.41, 5.74) is 0. The van der Waals surface area contributed by atoms with Crippen molar-refractivity contribution in [2.75, 3.05) is 0 Å². The van der Waals surface area contributed by atoms with Crippen LogP contribution < -0.4 is 16.1 Å². The molecule has 0 bridgehead atoms. The molecule has 0 fully saturated rings. The molecule has 0 spiro atoms. The number of hydrogen-bond acceptors (Lipinski definition) is 7. The van der Waals surface area contributed by atoms with Crippen molar-refractivity contribution in [3.05, 3.63) is 0 Å². The molecule has 11 heteroatoms. The molecule has 11 heavy (non-hydrogen) atoms. The molecule has 0 saturated carbocycles. The number of rotatable bonds is 2. The van der Waals surface area contributed by atoms with Crippen molar-refractivity contribution in [3.8, 4) is 0 Å². The van der Waals surface area contributed by atoms with Crippen molar-refractivity contribution in [2.45, 2.75) is 0 Å². The fraction of sp³-hybridized carbons (Fsp3) is 0. The zero-order chi connectivity index (χ0) is 7.71. The van der Waals surface area contributed by atoms with Crippen LogP contribution in [0.25, 0.3) is 0 Å². The van der Waals surface area contributed by atoms with Crippen LogP contribution in [0.4, 0.5) is 0 Å². The van der Waals surface area contributed by atoms with Gasteiger partial charge in [-0.25, -0.2) is 0 Å². The van der Waals surface area contributed by atoms with Gasteiger partial charge in [0.25, 0.3) is 0 Å². The van der Waals surface area contributed by atoms with Gasteiger partial charge in [-0.2, -0.15) is 0 Å². The van der Waals surface area contributed by atoms with Gasteiger partial charge in [-0.1, -0.05) is 0 Å². The van der Waals surface area contributed by atoms with Gasteiger partial charge in [-0.05, 0) is 0 Å². The molecule has 0 aliphatic carbocycles. The second kappa shape index (κ2) is 6.54. The van der Waals surface area contributed by atoms with Crippen LogP contribution in [0.1, 0.15) is 0 Å². The van der Waals surface area contributed by atoms with E-state index in [9.17, 15) is 23.5 Å². The van der Waals surface area contributed by atoms with Crippen molar-refractivity contribution in [1.82, 2.24) is 0 Å². The summed E-state index contributed by atoms with van der Waals surface area (Å²) in [6.07, 6.45) is 0. The van der Waals surface area contributed by atoms with E-state index in [4.69, 9.17) is 0 Å². The van der Waals surface area contributed by atoms with Crippen LogP contribution in [0.2, 0.25) is 0 Å². The Balaban J connectivity index is -0.000000320. The predicted octanol–water partition coefficient (Wildman–Crippen LogP) is -5.83. The Morgan fingerprint density at radius 1 is 0.818 bits per heavy atom. The quantitative estimate of drug-likeness (QED) is 0.452. The maximum absolute atomic E-state index is 9.40. The molecule has 0 N–H and O–H groups in total. The fourth-order valence-corrected chi connectivity index (χ4v) is 2.08.